The lowest BCUT2D eigenvalue weighted by atomic mass is 10.0. The fourth-order valence-corrected chi connectivity index (χ4v) is 8.33. The van der Waals surface area contributed by atoms with Crippen LogP contribution in [0.15, 0.2) is 155 Å². The predicted molar refractivity (Wildman–Crippen MR) is 198 cm³/mol. The average molecular weight is 618 g/mol. The number of para-hydroxylation sites is 3. The Labute approximate surface area is 275 Å². The molecule has 3 nitrogen and oxygen atoms in total. The predicted octanol–water partition coefficient (Wildman–Crippen LogP) is 11.7. The first kappa shape index (κ1) is 26.5. The van der Waals surface area contributed by atoms with Crippen LogP contribution < -0.4 is 0 Å². The molecule has 47 heavy (non-hydrogen) atoms. The SMILES string of the molecule is Cc1cc(-c2nc(-c3ccccc3)c3ccccc3n2)ccc1Sc1cccc2cc3c4cccc5c6ccccc6n(c3cc12)c54. The topological polar surface area (TPSA) is 30.2 Å². The first-order chi connectivity index (χ1) is 23.2. The number of aromatic nitrogens is 3. The highest BCUT2D eigenvalue weighted by atomic mass is 32.2. The van der Waals surface area contributed by atoms with Crippen molar-refractivity contribution in [1.82, 2.24) is 14.4 Å². The van der Waals surface area contributed by atoms with Gasteiger partial charge in [-0.25, -0.2) is 9.97 Å². The molecule has 0 fully saturated rings. The highest BCUT2D eigenvalue weighted by Crippen LogP contribution is 2.43. The Morgan fingerprint density at radius 3 is 2.11 bits per heavy atom. The van der Waals surface area contributed by atoms with Crippen molar-refractivity contribution in [2.45, 2.75) is 16.7 Å². The Morgan fingerprint density at radius 2 is 1.23 bits per heavy atom. The number of hydrogen-bond acceptors (Lipinski definition) is 3. The molecular weight excluding hydrogens is 591 g/mol. The number of rotatable bonds is 4. The second-order valence-electron chi connectivity index (χ2n) is 12.3. The summed E-state index contributed by atoms with van der Waals surface area (Å²) in [6.07, 6.45) is 0. The second-order valence-corrected chi connectivity index (χ2v) is 13.3. The van der Waals surface area contributed by atoms with Crippen LogP contribution in [0.3, 0.4) is 0 Å². The molecule has 0 unspecified atom stereocenters. The molecule has 0 aliphatic rings. The van der Waals surface area contributed by atoms with Gasteiger partial charge in [-0.15, -0.1) is 0 Å². The van der Waals surface area contributed by atoms with Gasteiger partial charge in [0.15, 0.2) is 5.82 Å². The van der Waals surface area contributed by atoms with Crippen molar-refractivity contribution in [3.63, 3.8) is 0 Å². The van der Waals surface area contributed by atoms with Crippen molar-refractivity contribution >= 4 is 71.5 Å². The van der Waals surface area contributed by atoms with Crippen LogP contribution in [-0.4, -0.2) is 14.4 Å². The van der Waals surface area contributed by atoms with Crippen LogP contribution in [0, 0.1) is 6.92 Å². The van der Waals surface area contributed by atoms with E-state index in [1.54, 1.807) is 0 Å². The zero-order chi connectivity index (χ0) is 31.1. The minimum Gasteiger partial charge on any atom is -0.308 e. The number of benzene rings is 7. The fourth-order valence-electron chi connectivity index (χ4n) is 7.30. The molecule has 0 aliphatic carbocycles. The van der Waals surface area contributed by atoms with Gasteiger partial charge in [0.25, 0.3) is 0 Å². The third-order valence-corrected chi connectivity index (χ3v) is 10.7. The van der Waals surface area contributed by atoms with Gasteiger partial charge in [0.2, 0.25) is 0 Å². The van der Waals surface area contributed by atoms with E-state index in [-0.39, 0.29) is 0 Å². The van der Waals surface area contributed by atoms with Crippen molar-refractivity contribution < 1.29 is 0 Å². The van der Waals surface area contributed by atoms with Crippen LogP contribution in [0.2, 0.25) is 0 Å². The zero-order valence-corrected chi connectivity index (χ0v) is 26.4. The monoisotopic (exact) mass is 617 g/mol. The average Bonchev–Trinajstić information content (AvgIpc) is 3.63. The molecular formula is C43H27N3S. The normalized spacial score (nSPS) is 12.0. The van der Waals surface area contributed by atoms with Crippen molar-refractivity contribution in [2.75, 3.05) is 0 Å². The minimum absolute atomic E-state index is 0.743. The molecule has 0 aliphatic heterocycles. The molecule has 0 saturated heterocycles. The van der Waals surface area contributed by atoms with E-state index < -0.39 is 0 Å². The molecule has 10 rings (SSSR count). The maximum atomic E-state index is 5.10. The van der Waals surface area contributed by atoms with Crippen molar-refractivity contribution in [3.8, 4) is 22.6 Å². The molecule has 0 amide bonds. The second kappa shape index (κ2) is 10.1. The van der Waals surface area contributed by atoms with Gasteiger partial charge in [-0.2, -0.15) is 0 Å². The van der Waals surface area contributed by atoms with Crippen molar-refractivity contribution in [1.29, 1.82) is 0 Å². The van der Waals surface area contributed by atoms with Gasteiger partial charge in [-0.05, 0) is 65.7 Å². The summed E-state index contributed by atoms with van der Waals surface area (Å²) in [5.41, 5.74) is 9.05. The summed E-state index contributed by atoms with van der Waals surface area (Å²) in [7, 11) is 0. The van der Waals surface area contributed by atoms with E-state index in [2.05, 4.69) is 145 Å². The molecule has 0 saturated carbocycles. The third-order valence-electron chi connectivity index (χ3n) is 9.49. The van der Waals surface area contributed by atoms with E-state index in [4.69, 9.17) is 9.97 Å². The van der Waals surface area contributed by atoms with Crippen LogP contribution >= 0.6 is 11.8 Å². The Balaban J connectivity index is 1.09. The zero-order valence-electron chi connectivity index (χ0n) is 25.6. The molecule has 3 aromatic heterocycles. The van der Waals surface area contributed by atoms with E-state index in [0.29, 0.717) is 0 Å². The van der Waals surface area contributed by atoms with Crippen LogP contribution in [0.5, 0.6) is 0 Å². The smallest absolute Gasteiger partial charge is 0.160 e. The van der Waals surface area contributed by atoms with Gasteiger partial charge >= 0.3 is 0 Å². The van der Waals surface area contributed by atoms with E-state index in [1.165, 1.54) is 64.2 Å². The Bertz CT molecular complexity index is 2830. The summed E-state index contributed by atoms with van der Waals surface area (Å²) in [6, 6.07) is 52.2. The Morgan fingerprint density at radius 1 is 0.489 bits per heavy atom. The number of nitrogens with zero attached hydrogens (tertiary/aromatic N) is 3. The van der Waals surface area contributed by atoms with E-state index in [0.717, 1.165) is 33.5 Å². The summed E-state index contributed by atoms with van der Waals surface area (Å²) in [5.74, 6) is 0.743. The van der Waals surface area contributed by atoms with Gasteiger partial charge in [0, 0.05) is 47.8 Å². The maximum absolute atomic E-state index is 5.10. The molecule has 0 N–H and O–H groups in total. The molecule has 0 atom stereocenters. The Kier molecular flexibility index (Phi) is 5.72. The van der Waals surface area contributed by atoms with Crippen molar-refractivity contribution in [3.05, 3.63) is 151 Å². The minimum atomic E-state index is 0.743. The molecule has 0 spiro atoms. The van der Waals surface area contributed by atoms with E-state index in [1.807, 2.05) is 23.9 Å². The summed E-state index contributed by atoms with van der Waals surface area (Å²) in [5, 5.41) is 8.82. The van der Waals surface area contributed by atoms with Gasteiger partial charge in [-0.3, -0.25) is 0 Å². The molecule has 7 aromatic carbocycles. The maximum Gasteiger partial charge on any atom is 0.160 e. The van der Waals surface area contributed by atoms with Gasteiger partial charge < -0.3 is 4.40 Å². The van der Waals surface area contributed by atoms with Gasteiger partial charge in [0.1, 0.15) is 0 Å². The standard InChI is InChI=1S/C43H27N3S/c1-26-23-29(43-44-36-18-7-5-15-33(36)41(45-43)27-11-3-2-4-12-27)21-22-39(26)47-40-20-9-13-28-24-35-32-17-10-16-31-30-14-6-8-19-37(30)46(42(31)32)38(35)25-34(28)40/h2-25H,1H3. The first-order valence-electron chi connectivity index (χ1n) is 15.9. The molecule has 3 heterocycles. The van der Waals surface area contributed by atoms with Gasteiger partial charge in [-0.1, -0.05) is 115 Å². The van der Waals surface area contributed by atoms with Crippen LogP contribution in [0.1, 0.15) is 5.56 Å². The lowest BCUT2D eigenvalue weighted by molar-refractivity contribution is 1.21. The van der Waals surface area contributed by atoms with Gasteiger partial charge in [0.05, 0.1) is 27.8 Å². The number of fused-ring (bicyclic) bond motifs is 8. The summed E-state index contributed by atoms with van der Waals surface area (Å²) >= 11 is 1.83. The van der Waals surface area contributed by atoms with Crippen LogP contribution in [-0.2, 0) is 0 Å². The highest BCUT2D eigenvalue weighted by Gasteiger charge is 2.18. The van der Waals surface area contributed by atoms with E-state index >= 15 is 0 Å². The summed E-state index contributed by atoms with van der Waals surface area (Å²) < 4.78 is 2.46. The molecule has 4 heteroatoms. The molecule has 10 aromatic rings. The molecule has 0 radical (unpaired) electrons. The van der Waals surface area contributed by atoms with Crippen LogP contribution in [0.4, 0.5) is 0 Å². The van der Waals surface area contributed by atoms with Crippen molar-refractivity contribution in [2.24, 2.45) is 0 Å². The Hall–Kier alpha value is -5.71. The highest BCUT2D eigenvalue weighted by molar-refractivity contribution is 7.99. The third kappa shape index (κ3) is 4.02. The van der Waals surface area contributed by atoms with Crippen LogP contribution in [0.25, 0.3) is 82.4 Å². The number of hydrogen-bond donors (Lipinski definition) is 0. The summed E-state index contributed by atoms with van der Waals surface area (Å²) in [4.78, 5) is 12.6. The number of aryl methyl sites for hydroxylation is 1. The molecule has 0 bridgehead atoms. The quantitative estimate of drug-likeness (QED) is 0.197. The summed E-state index contributed by atoms with van der Waals surface area (Å²) in [6.45, 7) is 2.19. The largest absolute Gasteiger partial charge is 0.308 e. The van der Waals surface area contributed by atoms with E-state index in [9.17, 15) is 0 Å². The fraction of sp³-hybridized carbons (Fsp3) is 0.0233. The lowest BCUT2D eigenvalue weighted by Gasteiger charge is -2.12. The molecule has 220 valence electrons. The first-order valence-corrected chi connectivity index (χ1v) is 16.7. The lowest BCUT2D eigenvalue weighted by Crippen LogP contribution is -1.95.